The number of benzene rings is 1. The fourth-order valence-electron chi connectivity index (χ4n) is 4.99. The summed E-state index contributed by atoms with van der Waals surface area (Å²) in [6, 6.07) is 11.9. The van der Waals surface area contributed by atoms with E-state index in [2.05, 4.69) is 16.6 Å². The molecule has 0 atom stereocenters. The second-order valence-corrected chi connectivity index (χ2v) is 8.58. The van der Waals surface area contributed by atoms with Crippen LogP contribution in [0.1, 0.15) is 44.8 Å². The van der Waals surface area contributed by atoms with E-state index in [0.29, 0.717) is 12.1 Å². The lowest BCUT2D eigenvalue weighted by Gasteiger charge is -2.28. The fourth-order valence-corrected chi connectivity index (χ4v) is 4.99. The smallest absolute Gasteiger partial charge is 0.291 e. The number of aromatic nitrogens is 3. The van der Waals surface area contributed by atoms with Crippen LogP contribution in [0, 0.1) is 0 Å². The van der Waals surface area contributed by atoms with Gasteiger partial charge in [0.05, 0.1) is 19.0 Å². The Morgan fingerprint density at radius 3 is 2.72 bits per heavy atom. The number of furan rings is 1. The van der Waals surface area contributed by atoms with Crippen LogP contribution in [0.4, 0.5) is 0 Å². The van der Waals surface area contributed by atoms with Gasteiger partial charge in [-0.3, -0.25) is 9.59 Å². The zero-order valence-corrected chi connectivity index (χ0v) is 18.4. The van der Waals surface area contributed by atoms with Crippen LogP contribution in [-0.4, -0.2) is 31.2 Å². The molecule has 0 unspecified atom stereocenters. The standard InChI is InChI=1S/C25H28N4O3/c1-2-13-27-22-12-6-5-11-20(22)21-15-26-29(25(31)24(21)27)17-23(30)28(18-8-3-4-9-18)16-19-10-7-14-32-19/h5-7,10-12,14-15,18H,2-4,8-9,13,16-17H2,1H3. The van der Waals surface area contributed by atoms with E-state index >= 15 is 0 Å². The molecule has 3 heterocycles. The van der Waals surface area contributed by atoms with Crippen LogP contribution in [0.15, 0.2) is 58.1 Å². The van der Waals surface area contributed by atoms with E-state index in [1.165, 1.54) is 4.68 Å². The number of hydrogen-bond acceptors (Lipinski definition) is 4. The Morgan fingerprint density at radius 2 is 1.97 bits per heavy atom. The van der Waals surface area contributed by atoms with Crippen molar-refractivity contribution in [2.24, 2.45) is 0 Å². The van der Waals surface area contributed by atoms with E-state index in [0.717, 1.165) is 60.7 Å². The maximum absolute atomic E-state index is 13.5. The third-order valence-corrected chi connectivity index (χ3v) is 6.50. The van der Waals surface area contributed by atoms with Gasteiger partial charge in [-0.05, 0) is 37.5 Å². The van der Waals surface area contributed by atoms with E-state index in [4.69, 9.17) is 4.42 Å². The summed E-state index contributed by atoms with van der Waals surface area (Å²) in [6.07, 6.45) is 8.47. The van der Waals surface area contributed by atoms with Crippen molar-refractivity contribution in [1.29, 1.82) is 0 Å². The minimum atomic E-state index is -0.218. The van der Waals surface area contributed by atoms with Crippen LogP contribution in [0.5, 0.6) is 0 Å². The minimum absolute atomic E-state index is 0.0698. The average Bonchev–Trinajstić information content (AvgIpc) is 3.56. The third kappa shape index (κ3) is 3.61. The number of carbonyl (C=O) groups is 1. The third-order valence-electron chi connectivity index (χ3n) is 6.50. The molecule has 5 rings (SSSR count). The Morgan fingerprint density at radius 1 is 1.16 bits per heavy atom. The monoisotopic (exact) mass is 432 g/mol. The second kappa shape index (κ2) is 8.65. The Bertz CT molecular complexity index is 1300. The lowest BCUT2D eigenvalue weighted by Crippen LogP contribution is -2.42. The van der Waals surface area contributed by atoms with Crippen LogP contribution in [0.25, 0.3) is 21.8 Å². The predicted molar refractivity (Wildman–Crippen MR) is 123 cm³/mol. The van der Waals surface area contributed by atoms with E-state index in [1.54, 1.807) is 12.5 Å². The van der Waals surface area contributed by atoms with Crippen molar-refractivity contribution in [2.75, 3.05) is 0 Å². The number of amides is 1. The molecule has 0 N–H and O–H groups in total. The molecule has 0 saturated heterocycles. The van der Waals surface area contributed by atoms with E-state index < -0.39 is 0 Å². The van der Waals surface area contributed by atoms with Gasteiger partial charge in [-0.15, -0.1) is 0 Å². The van der Waals surface area contributed by atoms with E-state index in [1.807, 2.05) is 41.3 Å². The van der Waals surface area contributed by atoms with Gasteiger partial charge in [0.1, 0.15) is 17.8 Å². The molecule has 0 radical (unpaired) electrons. The van der Waals surface area contributed by atoms with Crippen LogP contribution in [0.2, 0.25) is 0 Å². The number of rotatable bonds is 7. The first-order valence-electron chi connectivity index (χ1n) is 11.5. The Hall–Kier alpha value is -3.35. The molecule has 0 aliphatic heterocycles. The van der Waals surface area contributed by atoms with Crippen molar-refractivity contribution in [1.82, 2.24) is 19.2 Å². The summed E-state index contributed by atoms with van der Waals surface area (Å²) < 4.78 is 8.88. The van der Waals surface area contributed by atoms with Gasteiger partial charge < -0.3 is 13.9 Å². The molecule has 1 aliphatic carbocycles. The highest BCUT2D eigenvalue weighted by molar-refractivity contribution is 6.07. The van der Waals surface area contributed by atoms with Gasteiger partial charge in [0, 0.05) is 28.9 Å². The molecule has 1 amide bonds. The largest absolute Gasteiger partial charge is 0.467 e. The lowest BCUT2D eigenvalue weighted by atomic mass is 10.2. The van der Waals surface area contributed by atoms with Crippen molar-refractivity contribution in [3.05, 3.63) is 65.0 Å². The molecule has 1 saturated carbocycles. The van der Waals surface area contributed by atoms with Crippen LogP contribution in [0.3, 0.4) is 0 Å². The molecule has 1 aliphatic rings. The molecule has 4 aromatic rings. The number of para-hydroxylation sites is 1. The molecule has 0 bridgehead atoms. The van der Waals surface area contributed by atoms with Gasteiger partial charge in [-0.25, -0.2) is 4.68 Å². The normalized spacial score (nSPS) is 14.5. The van der Waals surface area contributed by atoms with Crippen molar-refractivity contribution < 1.29 is 9.21 Å². The summed E-state index contributed by atoms with van der Waals surface area (Å²) in [5, 5.41) is 6.25. The first-order valence-corrected chi connectivity index (χ1v) is 11.5. The number of nitrogens with zero attached hydrogens (tertiary/aromatic N) is 4. The van der Waals surface area contributed by atoms with Crippen molar-refractivity contribution in [2.45, 2.75) is 64.7 Å². The Labute approximate surface area is 186 Å². The molecule has 3 aromatic heterocycles. The van der Waals surface area contributed by atoms with Gasteiger partial charge in [-0.1, -0.05) is 38.0 Å². The summed E-state index contributed by atoms with van der Waals surface area (Å²) in [5.74, 6) is 0.657. The number of fused-ring (bicyclic) bond motifs is 3. The van der Waals surface area contributed by atoms with E-state index in [9.17, 15) is 9.59 Å². The summed E-state index contributed by atoms with van der Waals surface area (Å²) in [5.41, 5.74) is 1.43. The quantitative estimate of drug-likeness (QED) is 0.436. The first-order chi connectivity index (χ1) is 15.7. The first kappa shape index (κ1) is 20.5. The van der Waals surface area contributed by atoms with Crippen LogP contribution < -0.4 is 5.56 Å². The van der Waals surface area contributed by atoms with Gasteiger partial charge in [0.2, 0.25) is 5.91 Å². The highest BCUT2D eigenvalue weighted by atomic mass is 16.3. The molecule has 1 aromatic carbocycles. The molecular formula is C25H28N4O3. The Balaban J connectivity index is 1.51. The summed E-state index contributed by atoms with van der Waals surface area (Å²) in [7, 11) is 0. The van der Waals surface area contributed by atoms with E-state index in [-0.39, 0.29) is 24.1 Å². The average molecular weight is 433 g/mol. The molecule has 7 nitrogen and oxygen atoms in total. The molecular weight excluding hydrogens is 404 g/mol. The van der Waals surface area contributed by atoms with Crippen molar-refractivity contribution >= 4 is 27.7 Å². The highest BCUT2D eigenvalue weighted by Gasteiger charge is 2.28. The number of carbonyl (C=O) groups excluding carboxylic acids is 1. The summed E-state index contributed by atoms with van der Waals surface area (Å²) in [4.78, 5) is 28.7. The minimum Gasteiger partial charge on any atom is -0.467 e. The zero-order valence-electron chi connectivity index (χ0n) is 18.4. The zero-order chi connectivity index (χ0) is 22.1. The second-order valence-electron chi connectivity index (χ2n) is 8.58. The van der Waals surface area contributed by atoms with Crippen LogP contribution >= 0.6 is 0 Å². The SMILES string of the molecule is CCCn1c2ccccc2c2cnn(CC(=O)N(Cc3ccco3)C3CCCC3)c(=O)c21. The highest BCUT2D eigenvalue weighted by Crippen LogP contribution is 2.27. The topological polar surface area (TPSA) is 73.3 Å². The van der Waals surface area contributed by atoms with Gasteiger partial charge in [0.15, 0.2) is 0 Å². The summed E-state index contributed by atoms with van der Waals surface area (Å²) >= 11 is 0. The predicted octanol–water partition coefficient (Wildman–Crippen LogP) is 4.33. The molecule has 0 spiro atoms. The van der Waals surface area contributed by atoms with Crippen molar-refractivity contribution in [3.8, 4) is 0 Å². The molecule has 7 heteroatoms. The van der Waals surface area contributed by atoms with Crippen LogP contribution in [-0.2, 0) is 24.4 Å². The fraction of sp³-hybridized carbons (Fsp3) is 0.400. The Kier molecular flexibility index (Phi) is 5.55. The maximum atomic E-state index is 13.5. The maximum Gasteiger partial charge on any atom is 0.291 e. The number of aryl methyl sites for hydroxylation is 1. The van der Waals surface area contributed by atoms with Crippen molar-refractivity contribution in [3.63, 3.8) is 0 Å². The van der Waals surface area contributed by atoms with Gasteiger partial charge in [-0.2, -0.15) is 5.10 Å². The molecule has 1 fully saturated rings. The van der Waals surface area contributed by atoms with Gasteiger partial charge >= 0.3 is 0 Å². The lowest BCUT2D eigenvalue weighted by molar-refractivity contribution is -0.135. The molecule has 32 heavy (non-hydrogen) atoms. The molecule has 166 valence electrons. The van der Waals surface area contributed by atoms with Gasteiger partial charge in [0.25, 0.3) is 5.56 Å². The number of hydrogen-bond donors (Lipinski definition) is 0. The summed E-state index contributed by atoms with van der Waals surface area (Å²) in [6.45, 7) is 3.19.